The van der Waals surface area contributed by atoms with Gasteiger partial charge in [-0.2, -0.15) is 13.2 Å². The zero-order valence-electron chi connectivity index (χ0n) is 16.8. The van der Waals surface area contributed by atoms with E-state index in [-0.39, 0.29) is 23.5 Å². The van der Waals surface area contributed by atoms with Crippen molar-refractivity contribution in [3.8, 4) is 5.75 Å². The number of halogens is 3. The Balaban J connectivity index is 1.88. The number of phenols is 1. The van der Waals surface area contributed by atoms with Crippen LogP contribution in [0.15, 0.2) is 47.5 Å². The van der Waals surface area contributed by atoms with Gasteiger partial charge in [-0.25, -0.2) is 9.79 Å². The zero-order chi connectivity index (χ0) is 22.4. The van der Waals surface area contributed by atoms with Gasteiger partial charge in [0.15, 0.2) is 5.96 Å². The number of nitrogens with one attached hydrogen (secondary N) is 1. The van der Waals surface area contributed by atoms with Gasteiger partial charge in [0.05, 0.1) is 43.7 Å². The molecule has 1 aliphatic rings. The number of anilines is 1. The minimum atomic E-state index is -4.44. The third-order valence-electron chi connectivity index (χ3n) is 4.64. The van der Waals surface area contributed by atoms with Crippen LogP contribution in [0.1, 0.15) is 21.5 Å². The SMILES string of the molecule is COC(=O)c1ccc(O)c(NC(=NCc2cccc(C(F)(F)F)c2)N2CCOCC2)c1. The smallest absolute Gasteiger partial charge is 0.416 e. The summed E-state index contributed by atoms with van der Waals surface area (Å²) in [5.74, 6) is -0.345. The standard InChI is InChI=1S/C21H22F3N3O4/c1-30-19(29)15-5-6-18(28)17(12-15)26-20(27-7-9-31-10-8-27)25-13-14-3-2-4-16(11-14)21(22,23)24/h2-6,11-12,28H,7-10,13H2,1H3,(H,25,26). The Labute approximate surface area is 177 Å². The van der Waals surface area contributed by atoms with E-state index in [2.05, 4.69) is 10.3 Å². The van der Waals surface area contributed by atoms with E-state index in [4.69, 9.17) is 9.47 Å². The van der Waals surface area contributed by atoms with Crippen LogP contribution in [0.25, 0.3) is 0 Å². The van der Waals surface area contributed by atoms with Gasteiger partial charge in [-0.05, 0) is 35.9 Å². The van der Waals surface area contributed by atoms with Gasteiger partial charge in [-0.15, -0.1) is 0 Å². The van der Waals surface area contributed by atoms with Crippen molar-refractivity contribution >= 4 is 17.6 Å². The molecule has 2 aromatic rings. The number of benzene rings is 2. The van der Waals surface area contributed by atoms with E-state index in [0.717, 1.165) is 12.1 Å². The van der Waals surface area contributed by atoms with E-state index in [1.807, 2.05) is 4.90 Å². The molecule has 31 heavy (non-hydrogen) atoms. The molecule has 0 atom stereocenters. The number of rotatable bonds is 4. The van der Waals surface area contributed by atoms with Gasteiger partial charge in [0, 0.05) is 13.1 Å². The summed E-state index contributed by atoms with van der Waals surface area (Å²) in [5, 5.41) is 13.2. The first-order valence-corrected chi connectivity index (χ1v) is 9.49. The van der Waals surface area contributed by atoms with Crippen molar-refractivity contribution in [2.45, 2.75) is 12.7 Å². The van der Waals surface area contributed by atoms with Gasteiger partial charge < -0.3 is 24.8 Å². The summed E-state index contributed by atoms with van der Waals surface area (Å²) in [7, 11) is 1.25. The maximum atomic E-state index is 13.0. The lowest BCUT2D eigenvalue weighted by Gasteiger charge is -2.30. The van der Waals surface area contributed by atoms with Crippen LogP contribution < -0.4 is 5.32 Å². The molecule has 166 valence electrons. The van der Waals surface area contributed by atoms with Gasteiger partial charge in [0.2, 0.25) is 0 Å². The summed E-state index contributed by atoms with van der Waals surface area (Å²) in [6.07, 6.45) is -4.44. The molecule has 2 N–H and O–H groups in total. The fourth-order valence-corrected chi connectivity index (χ4v) is 3.01. The molecule has 0 saturated carbocycles. The predicted molar refractivity (Wildman–Crippen MR) is 108 cm³/mol. The average Bonchev–Trinajstić information content (AvgIpc) is 2.77. The molecule has 1 fully saturated rings. The predicted octanol–water partition coefficient (Wildman–Crippen LogP) is 3.50. The number of aliphatic imine (C=N–C) groups is 1. The third kappa shape index (κ3) is 5.88. The largest absolute Gasteiger partial charge is 0.506 e. The van der Waals surface area contributed by atoms with Gasteiger partial charge in [-0.1, -0.05) is 12.1 Å². The Morgan fingerprint density at radius 1 is 1.23 bits per heavy atom. The lowest BCUT2D eigenvalue weighted by atomic mass is 10.1. The number of carbonyl (C=O) groups is 1. The van der Waals surface area contributed by atoms with Crippen molar-refractivity contribution in [1.29, 1.82) is 0 Å². The number of alkyl halides is 3. The number of esters is 1. The number of morpholine rings is 1. The molecule has 1 aliphatic heterocycles. The van der Waals surface area contributed by atoms with E-state index in [0.29, 0.717) is 37.8 Å². The zero-order valence-corrected chi connectivity index (χ0v) is 16.8. The Morgan fingerprint density at radius 3 is 2.65 bits per heavy atom. The van der Waals surface area contributed by atoms with Crippen LogP contribution in [0, 0.1) is 0 Å². The highest BCUT2D eigenvalue weighted by Gasteiger charge is 2.30. The van der Waals surface area contributed by atoms with Crippen LogP contribution in [0.2, 0.25) is 0 Å². The summed E-state index contributed by atoms with van der Waals surface area (Å²) in [6.45, 7) is 1.91. The lowest BCUT2D eigenvalue weighted by molar-refractivity contribution is -0.137. The van der Waals surface area contributed by atoms with E-state index in [1.165, 1.54) is 31.4 Å². The monoisotopic (exact) mass is 437 g/mol. The van der Waals surface area contributed by atoms with Crippen LogP contribution >= 0.6 is 0 Å². The average molecular weight is 437 g/mol. The van der Waals surface area contributed by atoms with Crippen LogP contribution in [0.5, 0.6) is 5.75 Å². The first kappa shape index (κ1) is 22.4. The summed E-state index contributed by atoms with van der Waals surface area (Å²) in [6, 6.07) is 9.13. The Morgan fingerprint density at radius 2 is 1.97 bits per heavy atom. The fourth-order valence-electron chi connectivity index (χ4n) is 3.01. The summed E-state index contributed by atoms with van der Waals surface area (Å²) < 4.78 is 49.0. The topological polar surface area (TPSA) is 83.4 Å². The minimum Gasteiger partial charge on any atom is -0.506 e. The van der Waals surface area contributed by atoms with Crippen molar-refractivity contribution in [3.63, 3.8) is 0 Å². The summed E-state index contributed by atoms with van der Waals surface area (Å²) in [4.78, 5) is 18.1. The highest BCUT2D eigenvalue weighted by atomic mass is 19.4. The Kier molecular flexibility index (Phi) is 7.01. The van der Waals surface area contributed by atoms with Gasteiger partial charge >= 0.3 is 12.1 Å². The molecule has 1 heterocycles. The van der Waals surface area contributed by atoms with Gasteiger partial charge in [0.25, 0.3) is 0 Å². The molecule has 0 unspecified atom stereocenters. The van der Waals surface area contributed by atoms with Crippen LogP contribution in [0.3, 0.4) is 0 Å². The number of hydrogen-bond acceptors (Lipinski definition) is 5. The highest BCUT2D eigenvalue weighted by molar-refractivity contribution is 5.97. The number of carbonyl (C=O) groups excluding carboxylic acids is 1. The molecule has 2 aromatic carbocycles. The maximum absolute atomic E-state index is 13.0. The van der Waals surface area contributed by atoms with Crippen molar-refractivity contribution in [2.75, 3.05) is 38.7 Å². The Hall–Kier alpha value is -3.27. The molecule has 0 aromatic heterocycles. The van der Waals surface area contributed by atoms with Crippen molar-refractivity contribution in [1.82, 2.24) is 4.90 Å². The number of guanidine groups is 1. The maximum Gasteiger partial charge on any atom is 0.416 e. The van der Waals surface area contributed by atoms with Gasteiger partial charge in [-0.3, -0.25) is 0 Å². The molecule has 0 aliphatic carbocycles. The molecule has 0 amide bonds. The Bertz CT molecular complexity index is 957. The molecular formula is C21H22F3N3O4. The summed E-state index contributed by atoms with van der Waals surface area (Å²) in [5.41, 5.74) is 0.0820. The van der Waals surface area contributed by atoms with Crippen LogP contribution in [-0.2, 0) is 22.2 Å². The third-order valence-corrected chi connectivity index (χ3v) is 4.64. The number of ether oxygens (including phenoxy) is 2. The van der Waals surface area contributed by atoms with Crippen molar-refractivity contribution in [3.05, 3.63) is 59.2 Å². The van der Waals surface area contributed by atoms with Crippen molar-refractivity contribution in [2.24, 2.45) is 4.99 Å². The first-order valence-electron chi connectivity index (χ1n) is 9.49. The highest BCUT2D eigenvalue weighted by Crippen LogP contribution is 2.30. The van der Waals surface area contributed by atoms with E-state index < -0.39 is 17.7 Å². The molecule has 0 spiro atoms. The summed E-state index contributed by atoms with van der Waals surface area (Å²) >= 11 is 0. The molecular weight excluding hydrogens is 415 g/mol. The second kappa shape index (κ2) is 9.69. The second-order valence-electron chi connectivity index (χ2n) is 6.79. The van der Waals surface area contributed by atoms with Crippen molar-refractivity contribution < 1.29 is 32.5 Å². The second-order valence-corrected chi connectivity index (χ2v) is 6.79. The van der Waals surface area contributed by atoms with E-state index >= 15 is 0 Å². The number of methoxy groups -OCH3 is 1. The number of hydrogen-bond donors (Lipinski definition) is 2. The van der Waals surface area contributed by atoms with Crippen LogP contribution in [-0.4, -0.2) is 55.3 Å². The van der Waals surface area contributed by atoms with E-state index in [1.54, 1.807) is 6.07 Å². The molecule has 0 radical (unpaired) electrons. The molecule has 3 rings (SSSR count). The number of nitrogens with zero attached hydrogens (tertiary/aromatic N) is 2. The first-order chi connectivity index (χ1) is 14.8. The molecule has 0 bridgehead atoms. The minimum absolute atomic E-state index is 0.0128. The fraction of sp³-hybridized carbons (Fsp3) is 0.333. The molecule has 10 heteroatoms. The normalized spacial score (nSPS) is 15.0. The lowest BCUT2D eigenvalue weighted by Crippen LogP contribution is -2.44. The molecule has 1 saturated heterocycles. The quantitative estimate of drug-likeness (QED) is 0.330. The molecule has 7 nitrogen and oxygen atoms in total. The van der Waals surface area contributed by atoms with Crippen LogP contribution in [0.4, 0.5) is 18.9 Å². The number of phenolic OH excluding ortho intramolecular Hbond substituents is 1. The van der Waals surface area contributed by atoms with E-state index in [9.17, 15) is 23.1 Å². The number of aromatic hydroxyl groups is 1. The van der Waals surface area contributed by atoms with Gasteiger partial charge in [0.1, 0.15) is 5.75 Å².